The van der Waals surface area contributed by atoms with E-state index in [2.05, 4.69) is 4.90 Å². The minimum atomic E-state index is -2.94. The van der Waals surface area contributed by atoms with Crippen LogP contribution in [0.3, 0.4) is 0 Å². The summed E-state index contributed by atoms with van der Waals surface area (Å²) in [5.74, 6) is 1.06. The van der Waals surface area contributed by atoms with Gasteiger partial charge >= 0.3 is 0 Å². The maximum atomic E-state index is 11.8. The molecule has 1 fully saturated rings. The van der Waals surface area contributed by atoms with E-state index in [9.17, 15) is 13.5 Å². The maximum Gasteiger partial charge on any atom is 0.151 e. The second-order valence-electron chi connectivity index (χ2n) is 5.75. The van der Waals surface area contributed by atoms with Gasteiger partial charge in [0.2, 0.25) is 0 Å². The van der Waals surface area contributed by atoms with Gasteiger partial charge in [0.15, 0.2) is 9.84 Å². The number of hydrogen-bond donors (Lipinski definition) is 1. The van der Waals surface area contributed by atoms with Crippen LogP contribution in [0.15, 0.2) is 22.8 Å². The third-order valence-electron chi connectivity index (χ3n) is 4.07. The van der Waals surface area contributed by atoms with E-state index in [1.54, 1.807) is 18.4 Å². The molecule has 1 aromatic heterocycles. The average molecular weight is 315 g/mol. The van der Waals surface area contributed by atoms with E-state index < -0.39 is 15.9 Å². The molecule has 1 aromatic rings. The molecule has 1 saturated heterocycles. The lowest BCUT2D eigenvalue weighted by atomic mass is 10.1. The van der Waals surface area contributed by atoms with Gasteiger partial charge in [-0.05, 0) is 44.4 Å². The van der Waals surface area contributed by atoms with Crippen molar-refractivity contribution in [1.29, 1.82) is 0 Å². The second-order valence-corrected chi connectivity index (χ2v) is 8.05. The van der Waals surface area contributed by atoms with E-state index in [1.807, 2.05) is 6.92 Å². The van der Waals surface area contributed by atoms with E-state index in [1.165, 1.54) is 0 Å². The van der Waals surface area contributed by atoms with Gasteiger partial charge in [-0.15, -0.1) is 0 Å². The van der Waals surface area contributed by atoms with E-state index >= 15 is 0 Å². The number of rotatable bonds is 8. The molecule has 6 heteroatoms. The van der Waals surface area contributed by atoms with Crippen molar-refractivity contribution in [2.24, 2.45) is 0 Å². The lowest BCUT2D eigenvalue weighted by Gasteiger charge is -2.25. The second kappa shape index (κ2) is 7.42. The molecule has 2 heterocycles. The molecule has 0 spiro atoms. The van der Waals surface area contributed by atoms with Crippen LogP contribution in [0.5, 0.6) is 0 Å². The van der Waals surface area contributed by atoms with Gasteiger partial charge in [0, 0.05) is 18.3 Å². The Morgan fingerprint density at radius 2 is 2.29 bits per heavy atom. The molecule has 0 amide bonds. The third-order valence-corrected chi connectivity index (χ3v) is 5.91. The number of aliphatic hydroxyl groups is 1. The first-order chi connectivity index (χ1) is 10.0. The first kappa shape index (κ1) is 16.5. The van der Waals surface area contributed by atoms with Gasteiger partial charge in [0.05, 0.1) is 12.0 Å². The topological polar surface area (TPSA) is 70.8 Å². The summed E-state index contributed by atoms with van der Waals surface area (Å²) in [5.41, 5.74) is 0. The van der Waals surface area contributed by atoms with E-state index in [-0.39, 0.29) is 17.5 Å². The first-order valence-corrected chi connectivity index (χ1v) is 9.50. The van der Waals surface area contributed by atoms with Crippen molar-refractivity contribution in [2.75, 3.05) is 24.6 Å². The SMILES string of the molecule is CCCS(=O)(=O)CCN1CCCC1CC(O)c1ccco1. The average Bonchev–Trinajstić information content (AvgIpc) is 3.07. The molecule has 1 aliphatic heterocycles. The summed E-state index contributed by atoms with van der Waals surface area (Å²) >= 11 is 0. The van der Waals surface area contributed by atoms with Gasteiger partial charge in [-0.3, -0.25) is 4.90 Å². The van der Waals surface area contributed by atoms with Gasteiger partial charge in [-0.1, -0.05) is 6.92 Å². The van der Waals surface area contributed by atoms with Crippen molar-refractivity contribution in [3.05, 3.63) is 24.2 Å². The molecule has 0 aromatic carbocycles. The molecule has 5 nitrogen and oxygen atoms in total. The minimum Gasteiger partial charge on any atom is -0.467 e. The quantitative estimate of drug-likeness (QED) is 0.794. The fourth-order valence-corrected chi connectivity index (χ4v) is 4.32. The molecule has 2 atom stereocenters. The summed E-state index contributed by atoms with van der Waals surface area (Å²) in [7, 11) is -2.94. The highest BCUT2D eigenvalue weighted by molar-refractivity contribution is 7.91. The Kier molecular flexibility index (Phi) is 5.84. The Bertz CT molecular complexity index is 512. The molecule has 1 N–H and O–H groups in total. The van der Waals surface area contributed by atoms with Crippen LogP contribution < -0.4 is 0 Å². The zero-order valence-corrected chi connectivity index (χ0v) is 13.4. The molecule has 2 unspecified atom stereocenters. The lowest BCUT2D eigenvalue weighted by Crippen LogP contribution is -2.35. The number of nitrogens with zero attached hydrogens (tertiary/aromatic N) is 1. The largest absolute Gasteiger partial charge is 0.467 e. The van der Waals surface area contributed by atoms with Crippen molar-refractivity contribution in [1.82, 2.24) is 4.90 Å². The standard InChI is InChI=1S/C15H25NO4S/c1-2-10-21(18,19)11-8-16-7-3-5-13(16)12-14(17)15-6-4-9-20-15/h4,6,9,13-14,17H,2-3,5,7-8,10-12H2,1H3. The molecular formula is C15H25NO4S. The maximum absolute atomic E-state index is 11.8. The molecular weight excluding hydrogens is 290 g/mol. The Morgan fingerprint density at radius 3 is 2.95 bits per heavy atom. The van der Waals surface area contributed by atoms with Gasteiger partial charge in [0.1, 0.15) is 11.9 Å². The Hall–Kier alpha value is -0.850. The van der Waals surface area contributed by atoms with Crippen molar-refractivity contribution in [3.8, 4) is 0 Å². The molecule has 0 bridgehead atoms. The number of aliphatic hydroxyl groups excluding tert-OH is 1. The summed E-state index contributed by atoms with van der Waals surface area (Å²) in [6.07, 6.45) is 4.28. The number of furan rings is 1. The fraction of sp³-hybridized carbons (Fsp3) is 0.733. The Balaban J connectivity index is 1.86. The smallest absolute Gasteiger partial charge is 0.151 e. The van der Waals surface area contributed by atoms with Crippen LogP contribution in [0.1, 0.15) is 44.5 Å². The predicted molar refractivity (Wildman–Crippen MR) is 81.8 cm³/mol. The normalized spacial score (nSPS) is 21.7. The van der Waals surface area contributed by atoms with Crippen molar-refractivity contribution < 1.29 is 17.9 Å². The van der Waals surface area contributed by atoms with Crippen LogP contribution >= 0.6 is 0 Å². The van der Waals surface area contributed by atoms with E-state index in [4.69, 9.17) is 4.42 Å². The van der Waals surface area contributed by atoms with Crippen molar-refractivity contribution in [3.63, 3.8) is 0 Å². The summed E-state index contributed by atoms with van der Waals surface area (Å²) in [5, 5.41) is 10.2. The Morgan fingerprint density at radius 1 is 1.48 bits per heavy atom. The van der Waals surface area contributed by atoms with Crippen molar-refractivity contribution in [2.45, 2.75) is 44.8 Å². The predicted octanol–water partition coefficient (Wildman–Crippen LogP) is 1.99. The van der Waals surface area contributed by atoms with Gasteiger partial charge in [-0.25, -0.2) is 8.42 Å². The van der Waals surface area contributed by atoms with Crippen LogP contribution in [0.2, 0.25) is 0 Å². The summed E-state index contributed by atoms with van der Waals surface area (Å²) in [6.45, 7) is 3.37. The molecule has 0 saturated carbocycles. The van der Waals surface area contributed by atoms with Crippen LogP contribution in [-0.4, -0.2) is 49.1 Å². The Labute approximate surface area is 126 Å². The summed E-state index contributed by atoms with van der Waals surface area (Å²) in [4.78, 5) is 2.19. The lowest BCUT2D eigenvalue weighted by molar-refractivity contribution is 0.104. The van der Waals surface area contributed by atoms with Crippen LogP contribution in [0.4, 0.5) is 0 Å². The summed E-state index contributed by atoms with van der Waals surface area (Å²) < 4.78 is 28.8. The first-order valence-electron chi connectivity index (χ1n) is 7.68. The molecule has 2 rings (SSSR count). The zero-order chi connectivity index (χ0) is 15.3. The van der Waals surface area contributed by atoms with E-state index in [0.29, 0.717) is 25.1 Å². The van der Waals surface area contributed by atoms with Crippen LogP contribution in [0.25, 0.3) is 0 Å². The number of likely N-dealkylation sites (tertiary alicyclic amines) is 1. The minimum absolute atomic E-state index is 0.216. The van der Waals surface area contributed by atoms with Gasteiger partial charge in [-0.2, -0.15) is 0 Å². The molecule has 21 heavy (non-hydrogen) atoms. The zero-order valence-electron chi connectivity index (χ0n) is 12.6. The number of hydrogen-bond acceptors (Lipinski definition) is 5. The van der Waals surface area contributed by atoms with Crippen LogP contribution in [0, 0.1) is 0 Å². The molecule has 0 radical (unpaired) electrons. The molecule has 120 valence electrons. The highest BCUT2D eigenvalue weighted by Crippen LogP contribution is 2.27. The van der Waals surface area contributed by atoms with Gasteiger partial charge in [0.25, 0.3) is 0 Å². The third kappa shape index (κ3) is 4.83. The van der Waals surface area contributed by atoms with Crippen LogP contribution in [-0.2, 0) is 9.84 Å². The van der Waals surface area contributed by atoms with E-state index in [0.717, 1.165) is 19.4 Å². The molecule has 1 aliphatic rings. The molecule has 0 aliphatic carbocycles. The monoisotopic (exact) mass is 315 g/mol. The number of sulfone groups is 1. The fourth-order valence-electron chi connectivity index (χ4n) is 2.98. The summed E-state index contributed by atoms with van der Waals surface area (Å²) in [6, 6.07) is 3.78. The highest BCUT2D eigenvalue weighted by Gasteiger charge is 2.28. The van der Waals surface area contributed by atoms with Gasteiger partial charge < -0.3 is 9.52 Å². The highest BCUT2D eigenvalue weighted by atomic mass is 32.2. The van der Waals surface area contributed by atoms with Crippen molar-refractivity contribution >= 4 is 9.84 Å².